The summed E-state index contributed by atoms with van der Waals surface area (Å²) in [5.41, 5.74) is 2.69. The average Bonchev–Trinajstić information content (AvgIpc) is 3.00. The van der Waals surface area contributed by atoms with Crippen molar-refractivity contribution in [3.8, 4) is 0 Å². The van der Waals surface area contributed by atoms with Gasteiger partial charge in [0.1, 0.15) is 11.2 Å². The van der Waals surface area contributed by atoms with Crippen LogP contribution in [0.2, 0.25) is 0 Å². The monoisotopic (exact) mass is 355 g/mol. The molecule has 0 amide bonds. The van der Waals surface area contributed by atoms with E-state index in [-0.39, 0.29) is 0 Å². The molecule has 130 valence electrons. The van der Waals surface area contributed by atoms with E-state index in [2.05, 4.69) is 27.7 Å². The van der Waals surface area contributed by atoms with E-state index in [1.54, 1.807) is 0 Å². The standard InChI is InChI=1S/C19H21N3O2S/c25-19(20-7-8-22-9-11-23-12-10-22)21-14-5-6-16-15-3-1-2-4-17(15)24-18(16)13-14/h1-6,13H,7-12H2,(H2,20,21,25). The molecule has 0 unspecified atom stereocenters. The molecule has 0 radical (unpaired) electrons. The second-order valence-corrected chi connectivity index (χ2v) is 6.55. The van der Waals surface area contributed by atoms with Crippen molar-refractivity contribution in [2.75, 3.05) is 44.7 Å². The number of hydrogen-bond donors (Lipinski definition) is 2. The molecule has 1 saturated heterocycles. The summed E-state index contributed by atoms with van der Waals surface area (Å²) >= 11 is 5.39. The maximum atomic E-state index is 5.91. The Bertz CT molecular complexity index is 887. The minimum Gasteiger partial charge on any atom is -0.456 e. The number of nitrogens with zero attached hydrogens (tertiary/aromatic N) is 1. The van der Waals surface area contributed by atoms with Crippen LogP contribution in [0.1, 0.15) is 0 Å². The number of para-hydroxylation sites is 1. The lowest BCUT2D eigenvalue weighted by atomic mass is 10.1. The van der Waals surface area contributed by atoms with Gasteiger partial charge in [-0.1, -0.05) is 18.2 Å². The molecule has 6 heteroatoms. The van der Waals surface area contributed by atoms with E-state index in [0.29, 0.717) is 5.11 Å². The van der Waals surface area contributed by atoms with Gasteiger partial charge in [-0.2, -0.15) is 0 Å². The SMILES string of the molecule is S=C(NCCN1CCOCC1)Nc1ccc2c(c1)oc1ccccc12. The highest BCUT2D eigenvalue weighted by Gasteiger charge is 2.10. The van der Waals surface area contributed by atoms with E-state index in [1.165, 1.54) is 0 Å². The van der Waals surface area contributed by atoms with Crippen LogP contribution in [0.25, 0.3) is 21.9 Å². The molecule has 5 nitrogen and oxygen atoms in total. The number of thiocarbonyl (C=S) groups is 1. The van der Waals surface area contributed by atoms with Gasteiger partial charge >= 0.3 is 0 Å². The van der Waals surface area contributed by atoms with Crippen LogP contribution in [0.4, 0.5) is 5.69 Å². The van der Waals surface area contributed by atoms with Gasteiger partial charge in [0.25, 0.3) is 0 Å². The lowest BCUT2D eigenvalue weighted by molar-refractivity contribution is 0.0389. The van der Waals surface area contributed by atoms with E-state index in [9.17, 15) is 0 Å². The van der Waals surface area contributed by atoms with Crippen molar-refractivity contribution in [3.05, 3.63) is 42.5 Å². The van der Waals surface area contributed by atoms with E-state index in [1.807, 2.05) is 30.3 Å². The third-order valence-corrected chi connectivity index (χ3v) is 4.70. The molecule has 0 saturated carbocycles. The van der Waals surface area contributed by atoms with Gasteiger partial charge in [0.15, 0.2) is 5.11 Å². The molecule has 1 aromatic heterocycles. The quantitative estimate of drug-likeness (QED) is 0.701. The van der Waals surface area contributed by atoms with Gasteiger partial charge in [0, 0.05) is 48.7 Å². The first kappa shape index (κ1) is 16.3. The number of morpholine rings is 1. The highest BCUT2D eigenvalue weighted by molar-refractivity contribution is 7.80. The molecule has 4 rings (SSSR count). The molecular formula is C19H21N3O2S. The van der Waals surface area contributed by atoms with Gasteiger partial charge in [0.2, 0.25) is 0 Å². The Morgan fingerprint density at radius 2 is 1.84 bits per heavy atom. The number of furan rings is 1. The van der Waals surface area contributed by atoms with Crippen LogP contribution in [0.5, 0.6) is 0 Å². The summed E-state index contributed by atoms with van der Waals surface area (Å²) in [6, 6.07) is 14.2. The molecule has 0 aliphatic carbocycles. The molecule has 2 N–H and O–H groups in total. The number of nitrogens with one attached hydrogen (secondary N) is 2. The zero-order chi connectivity index (χ0) is 17.1. The van der Waals surface area contributed by atoms with E-state index < -0.39 is 0 Å². The molecule has 2 aromatic carbocycles. The Morgan fingerprint density at radius 3 is 2.72 bits per heavy atom. The van der Waals surface area contributed by atoms with Crippen molar-refractivity contribution in [2.24, 2.45) is 0 Å². The predicted octanol–water partition coefficient (Wildman–Crippen LogP) is 3.20. The molecule has 1 fully saturated rings. The largest absolute Gasteiger partial charge is 0.456 e. The highest BCUT2D eigenvalue weighted by atomic mass is 32.1. The summed E-state index contributed by atoms with van der Waals surface area (Å²) in [7, 11) is 0. The van der Waals surface area contributed by atoms with Crippen molar-refractivity contribution in [2.45, 2.75) is 0 Å². The minimum absolute atomic E-state index is 0.628. The van der Waals surface area contributed by atoms with Crippen LogP contribution >= 0.6 is 12.2 Å². The number of fused-ring (bicyclic) bond motifs is 3. The molecular weight excluding hydrogens is 334 g/mol. The van der Waals surface area contributed by atoms with Crippen LogP contribution < -0.4 is 10.6 Å². The van der Waals surface area contributed by atoms with Gasteiger partial charge in [-0.25, -0.2) is 0 Å². The number of anilines is 1. The summed E-state index contributed by atoms with van der Waals surface area (Å²) in [6.45, 7) is 5.40. The number of benzene rings is 2. The normalized spacial score (nSPS) is 15.5. The van der Waals surface area contributed by atoms with Crippen molar-refractivity contribution < 1.29 is 9.15 Å². The van der Waals surface area contributed by atoms with E-state index >= 15 is 0 Å². The topological polar surface area (TPSA) is 49.7 Å². The molecule has 0 atom stereocenters. The molecule has 1 aliphatic rings. The van der Waals surface area contributed by atoms with Crippen LogP contribution in [-0.4, -0.2) is 49.4 Å². The third-order valence-electron chi connectivity index (χ3n) is 4.45. The van der Waals surface area contributed by atoms with Gasteiger partial charge in [-0.05, 0) is 30.4 Å². The predicted molar refractivity (Wildman–Crippen MR) is 105 cm³/mol. The first-order chi connectivity index (χ1) is 12.3. The summed E-state index contributed by atoms with van der Waals surface area (Å²) in [4.78, 5) is 2.37. The van der Waals surface area contributed by atoms with Crippen molar-refractivity contribution >= 4 is 45.0 Å². The lowest BCUT2D eigenvalue weighted by Gasteiger charge is -2.26. The Kier molecular flexibility index (Phi) is 4.83. The highest BCUT2D eigenvalue weighted by Crippen LogP contribution is 2.30. The summed E-state index contributed by atoms with van der Waals surface area (Å²) in [5.74, 6) is 0. The Hall–Kier alpha value is -2.15. The zero-order valence-corrected chi connectivity index (χ0v) is 14.8. The van der Waals surface area contributed by atoms with E-state index in [4.69, 9.17) is 21.4 Å². The van der Waals surface area contributed by atoms with Gasteiger partial charge in [-0.15, -0.1) is 0 Å². The third kappa shape index (κ3) is 3.76. The minimum atomic E-state index is 0.628. The summed E-state index contributed by atoms with van der Waals surface area (Å²) < 4.78 is 11.3. The lowest BCUT2D eigenvalue weighted by Crippen LogP contribution is -2.42. The van der Waals surface area contributed by atoms with Crippen LogP contribution in [-0.2, 0) is 4.74 Å². The average molecular weight is 355 g/mol. The molecule has 0 spiro atoms. The fraction of sp³-hybridized carbons (Fsp3) is 0.316. The maximum absolute atomic E-state index is 5.91. The number of rotatable bonds is 4. The first-order valence-corrected chi connectivity index (χ1v) is 8.97. The van der Waals surface area contributed by atoms with Crippen LogP contribution in [0.15, 0.2) is 46.9 Å². The second kappa shape index (κ2) is 7.39. The fourth-order valence-corrected chi connectivity index (χ4v) is 3.35. The van der Waals surface area contributed by atoms with Crippen LogP contribution in [0, 0.1) is 0 Å². The van der Waals surface area contributed by atoms with Crippen molar-refractivity contribution in [1.82, 2.24) is 10.2 Å². The molecule has 25 heavy (non-hydrogen) atoms. The first-order valence-electron chi connectivity index (χ1n) is 8.56. The van der Waals surface area contributed by atoms with Crippen molar-refractivity contribution in [1.29, 1.82) is 0 Å². The molecule has 2 heterocycles. The molecule has 0 bridgehead atoms. The van der Waals surface area contributed by atoms with Crippen LogP contribution in [0.3, 0.4) is 0 Å². The molecule has 1 aliphatic heterocycles. The fourth-order valence-electron chi connectivity index (χ4n) is 3.13. The summed E-state index contributed by atoms with van der Waals surface area (Å²) in [6.07, 6.45) is 0. The second-order valence-electron chi connectivity index (χ2n) is 6.14. The summed E-state index contributed by atoms with van der Waals surface area (Å²) in [5, 5.41) is 9.37. The Morgan fingerprint density at radius 1 is 1.04 bits per heavy atom. The number of hydrogen-bond acceptors (Lipinski definition) is 4. The van der Waals surface area contributed by atoms with Gasteiger partial charge < -0.3 is 19.8 Å². The number of ether oxygens (including phenoxy) is 1. The zero-order valence-electron chi connectivity index (χ0n) is 14.0. The van der Waals surface area contributed by atoms with Gasteiger partial charge in [-0.3, -0.25) is 4.90 Å². The van der Waals surface area contributed by atoms with Gasteiger partial charge in [0.05, 0.1) is 13.2 Å². The smallest absolute Gasteiger partial charge is 0.170 e. The Balaban J connectivity index is 1.36. The molecule has 3 aromatic rings. The maximum Gasteiger partial charge on any atom is 0.170 e. The van der Waals surface area contributed by atoms with E-state index in [0.717, 1.165) is 67.0 Å². The Labute approximate surface area is 151 Å². The van der Waals surface area contributed by atoms with Crippen molar-refractivity contribution in [3.63, 3.8) is 0 Å².